The summed E-state index contributed by atoms with van der Waals surface area (Å²) in [6.45, 7) is 2.75. The number of nitrogens with one attached hydrogen (secondary N) is 1. The highest BCUT2D eigenvalue weighted by Gasteiger charge is 2.30. The molecule has 2 aromatic rings. The lowest BCUT2D eigenvalue weighted by Gasteiger charge is -2.34. The molecule has 110 valence electrons. The molecular weight excluding hydrogens is 290 g/mol. The standard InChI is InChI=1S/C13H15N5O2S/c1-8-9-5-7-21-11(9)4-6-17(8)13-10(18(19)20)2-3-12(15-13)16-14/h2-3,5,7-8H,4,6,14H2,1H3,(H,15,16). The summed E-state index contributed by atoms with van der Waals surface area (Å²) in [4.78, 5) is 18.5. The minimum atomic E-state index is -0.404. The first-order chi connectivity index (χ1) is 10.1. The van der Waals surface area contributed by atoms with Crippen LogP contribution in [0, 0.1) is 10.1 Å². The summed E-state index contributed by atoms with van der Waals surface area (Å²) in [5.74, 6) is 6.15. The number of hydrogen-bond donors (Lipinski definition) is 2. The van der Waals surface area contributed by atoms with Gasteiger partial charge in [-0.3, -0.25) is 10.1 Å². The Morgan fingerprint density at radius 2 is 2.33 bits per heavy atom. The van der Waals surface area contributed by atoms with E-state index in [0.29, 0.717) is 18.2 Å². The van der Waals surface area contributed by atoms with E-state index in [-0.39, 0.29) is 11.7 Å². The van der Waals surface area contributed by atoms with Gasteiger partial charge in [0.1, 0.15) is 5.82 Å². The van der Waals surface area contributed by atoms with Gasteiger partial charge in [-0.15, -0.1) is 11.3 Å². The van der Waals surface area contributed by atoms with Gasteiger partial charge in [-0.25, -0.2) is 10.8 Å². The van der Waals surface area contributed by atoms with E-state index in [2.05, 4.69) is 21.9 Å². The van der Waals surface area contributed by atoms with Crippen LogP contribution >= 0.6 is 11.3 Å². The summed E-state index contributed by atoms with van der Waals surface area (Å²) in [5.41, 5.74) is 3.66. The summed E-state index contributed by atoms with van der Waals surface area (Å²) >= 11 is 1.73. The largest absolute Gasteiger partial charge is 0.344 e. The van der Waals surface area contributed by atoms with Crippen molar-refractivity contribution in [2.24, 2.45) is 5.84 Å². The number of fused-ring (bicyclic) bond motifs is 1. The van der Waals surface area contributed by atoms with Crippen LogP contribution in [0.1, 0.15) is 23.4 Å². The van der Waals surface area contributed by atoms with Gasteiger partial charge in [0, 0.05) is 17.5 Å². The number of nitrogens with two attached hydrogens (primary N) is 1. The monoisotopic (exact) mass is 305 g/mol. The predicted molar refractivity (Wildman–Crippen MR) is 82.5 cm³/mol. The first-order valence-corrected chi connectivity index (χ1v) is 7.44. The molecule has 7 nitrogen and oxygen atoms in total. The van der Waals surface area contributed by atoms with Gasteiger partial charge in [-0.05, 0) is 36.4 Å². The van der Waals surface area contributed by atoms with Crippen molar-refractivity contribution < 1.29 is 4.92 Å². The number of hydrogen-bond acceptors (Lipinski definition) is 7. The van der Waals surface area contributed by atoms with Crippen molar-refractivity contribution >= 4 is 28.7 Å². The topological polar surface area (TPSA) is 97.3 Å². The lowest BCUT2D eigenvalue weighted by Crippen LogP contribution is -2.34. The first kappa shape index (κ1) is 13.8. The summed E-state index contributed by atoms with van der Waals surface area (Å²) in [6.07, 6.45) is 0.871. The Morgan fingerprint density at radius 1 is 1.52 bits per heavy atom. The number of nitrogens with zero attached hydrogens (tertiary/aromatic N) is 3. The molecule has 0 bridgehead atoms. The average Bonchev–Trinajstić information content (AvgIpc) is 2.96. The predicted octanol–water partition coefficient (Wildman–Crippen LogP) is 2.46. The fourth-order valence-corrected chi connectivity index (χ4v) is 3.64. The molecule has 0 saturated carbocycles. The quantitative estimate of drug-likeness (QED) is 0.513. The van der Waals surface area contributed by atoms with E-state index in [1.54, 1.807) is 11.3 Å². The maximum atomic E-state index is 11.3. The van der Waals surface area contributed by atoms with Crippen molar-refractivity contribution in [3.05, 3.63) is 44.1 Å². The molecule has 3 N–H and O–H groups in total. The molecule has 0 radical (unpaired) electrons. The van der Waals surface area contributed by atoms with Gasteiger partial charge >= 0.3 is 5.69 Å². The number of nitro groups is 1. The molecule has 0 fully saturated rings. The van der Waals surface area contributed by atoms with E-state index in [1.807, 2.05) is 11.8 Å². The fraction of sp³-hybridized carbons (Fsp3) is 0.308. The van der Waals surface area contributed by atoms with E-state index in [9.17, 15) is 10.1 Å². The zero-order chi connectivity index (χ0) is 15.0. The van der Waals surface area contributed by atoms with E-state index >= 15 is 0 Å². The number of nitrogen functional groups attached to an aromatic ring is 1. The smallest absolute Gasteiger partial charge is 0.311 e. The van der Waals surface area contributed by atoms with Gasteiger partial charge in [0.05, 0.1) is 11.0 Å². The van der Waals surface area contributed by atoms with Crippen LogP contribution in [0.5, 0.6) is 0 Å². The van der Waals surface area contributed by atoms with Crippen LogP contribution in [-0.4, -0.2) is 16.5 Å². The third-order valence-electron chi connectivity index (χ3n) is 3.75. The maximum absolute atomic E-state index is 11.3. The Kier molecular flexibility index (Phi) is 3.48. The minimum Gasteiger partial charge on any atom is -0.344 e. The normalized spacial score (nSPS) is 17.4. The summed E-state index contributed by atoms with van der Waals surface area (Å²) in [6, 6.07) is 5.08. The molecule has 8 heteroatoms. The summed E-state index contributed by atoms with van der Waals surface area (Å²) < 4.78 is 0. The van der Waals surface area contributed by atoms with Gasteiger partial charge in [0.2, 0.25) is 5.82 Å². The Labute approximate surface area is 125 Å². The van der Waals surface area contributed by atoms with Gasteiger partial charge in [-0.2, -0.15) is 0 Å². The van der Waals surface area contributed by atoms with Crippen LogP contribution in [0.4, 0.5) is 17.3 Å². The number of aromatic nitrogens is 1. The van der Waals surface area contributed by atoms with E-state index in [4.69, 9.17) is 5.84 Å². The van der Waals surface area contributed by atoms with Gasteiger partial charge in [0.25, 0.3) is 0 Å². The molecule has 1 unspecified atom stereocenters. The zero-order valence-corrected chi connectivity index (χ0v) is 12.3. The molecule has 0 aliphatic carbocycles. The Balaban J connectivity index is 2.06. The Bertz CT molecular complexity index is 687. The maximum Gasteiger partial charge on any atom is 0.311 e. The number of thiophene rings is 1. The third-order valence-corrected chi connectivity index (χ3v) is 4.74. The number of hydrazine groups is 1. The summed E-state index contributed by atoms with van der Waals surface area (Å²) in [5, 5.41) is 13.3. The van der Waals surface area contributed by atoms with E-state index in [0.717, 1.165) is 6.42 Å². The molecule has 1 aliphatic heterocycles. The highest BCUT2D eigenvalue weighted by molar-refractivity contribution is 7.10. The zero-order valence-electron chi connectivity index (χ0n) is 11.4. The number of rotatable bonds is 3. The number of anilines is 2. The van der Waals surface area contributed by atoms with Crippen LogP contribution in [0.3, 0.4) is 0 Å². The van der Waals surface area contributed by atoms with Crippen LogP contribution in [-0.2, 0) is 6.42 Å². The van der Waals surface area contributed by atoms with Crippen molar-refractivity contribution in [1.82, 2.24) is 4.98 Å². The van der Waals surface area contributed by atoms with E-state index < -0.39 is 4.92 Å². The molecule has 3 heterocycles. The highest BCUT2D eigenvalue weighted by atomic mass is 32.1. The van der Waals surface area contributed by atoms with Crippen molar-refractivity contribution in [2.45, 2.75) is 19.4 Å². The molecule has 0 amide bonds. The van der Waals surface area contributed by atoms with Gasteiger partial charge in [-0.1, -0.05) is 0 Å². The third kappa shape index (κ3) is 2.32. The lowest BCUT2D eigenvalue weighted by atomic mass is 10.0. The van der Waals surface area contributed by atoms with Gasteiger partial charge < -0.3 is 10.3 Å². The van der Waals surface area contributed by atoms with Crippen molar-refractivity contribution in [3.63, 3.8) is 0 Å². The van der Waals surface area contributed by atoms with Crippen molar-refractivity contribution in [2.75, 3.05) is 16.9 Å². The first-order valence-electron chi connectivity index (χ1n) is 6.56. The Morgan fingerprint density at radius 3 is 3.05 bits per heavy atom. The van der Waals surface area contributed by atoms with E-state index in [1.165, 1.54) is 22.6 Å². The average molecular weight is 305 g/mol. The molecule has 1 atom stereocenters. The van der Waals surface area contributed by atoms with Crippen LogP contribution in [0.25, 0.3) is 0 Å². The molecular formula is C13H15N5O2S. The molecule has 1 aliphatic rings. The van der Waals surface area contributed by atoms with Crippen LogP contribution in [0.2, 0.25) is 0 Å². The molecule has 0 aromatic carbocycles. The second kappa shape index (κ2) is 5.30. The lowest BCUT2D eigenvalue weighted by molar-refractivity contribution is -0.384. The molecule has 0 spiro atoms. The minimum absolute atomic E-state index is 0.000436. The second-order valence-electron chi connectivity index (χ2n) is 4.86. The van der Waals surface area contributed by atoms with Crippen molar-refractivity contribution in [1.29, 1.82) is 0 Å². The van der Waals surface area contributed by atoms with Crippen LogP contribution < -0.4 is 16.2 Å². The fourth-order valence-electron chi connectivity index (χ4n) is 2.67. The molecule has 3 rings (SSSR count). The SMILES string of the molecule is CC1c2ccsc2CCN1c1nc(NN)ccc1[N+](=O)[O-]. The van der Waals surface area contributed by atoms with Crippen molar-refractivity contribution in [3.8, 4) is 0 Å². The van der Waals surface area contributed by atoms with Gasteiger partial charge in [0.15, 0.2) is 0 Å². The van der Waals surface area contributed by atoms with Crippen LogP contribution in [0.15, 0.2) is 23.6 Å². The molecule has 2 aromatic heterocycles. The molecule has 0 saturated heterocycles. The Hall–Kier alpha value is -2.19. The summed E-state index contributed by atoms with van der Waals surface area (Å²) in [7, 11) is 0. The highest BCUT2D eigenvalue weighted by Crippen LogP contribution is 2.38. The number of pyridine rings is 1. The molecule has 21 heavy (non-hydrogen) atoms. The second-order valence-corrected chi connectivity index (χ2v) is 5.86.